The Morgan fingerprint density at radius 3 is 2.93 bits per heavy atom. The highest BCUT2D eigenvalue weighted by Gasteiger charge is 2.28. The number of fused-ring (bicyclic) bond motifs is 1. The molecule has 0 spiro atoms. The van der Waals surface area contributed by atoms with Crippen molar-refractivity contribution < 1.29 is 5.11 Å². The molecule has 1 aliphatic carbocycles. The summed E-state index contributed by atoms with van der Waals surface area (Å²) in [5.41, 5.74) is 0.774. The average molecular weight is 393 g/mol. The fourth-order valence-electron chi connectivity index (χ4n) is 2.85. The third-order valence-corrected chi connectivity index (χ3v) is 4.43. The van der Waals surface area contributed by atoms with E-state index in [2.05, 4.69) is 42.8 Å². The monoisotopic (exact) mass is 392 g/mol. The van der Waals surface area contributed by atoms with Crippen LogP contribution in [-0.4, -0.2) is 47.7 Å². The van der Waals surface area contributed by atoms with Crippen LogP contribution in [0.1, 0.15) is 33.6 Å². The van der Waals surface area contributed by atoms with Crippen LogP contribution in [0.5, 0.6) is 0 Å². The molecule has 9 nitrogen and oxygen atoms in total. The quantitative estimate of drug-likeness (QED) is 0.465. The maximum absolute atomic E-state index is 8.89. The van der Waals surface area contributed by atoms with E-state index >= 15 is 0 Å². The molecule has 0 saturated heterocycles. The molecular formula is C17H28N8OS. The van der Waals surface area contributed by atoms with E-state index in [0.29, 0.717) is 30.8 Å². The normalized spacial score (nSPS) is 14.3. The molecule has 0 aliphatic heterocycles. The molecule has 27 heavy (non-hydrogen) atoms. The van der Waals surface area contributed by atoms with Crippen molar-refractivity contribution in [1.29, 1.82) is 0 Å². The standard InChI is InChI=1S/C16H22N8O.CH4.H2S/c1-10(11-3-4-11)18-15-12-5-6-17-14(12)20-16(21-15)19-13-9-24(23-22-13)7-2-8-25;;/h5-6,9-11,25H,2-4,7-8H2,1H3,(H3,17,18,19,20,21);1H4;1H2/t10-;;/m0../s1. The van der Waals surface area contributed by atoms with Crippen molar-refractivity contribution in [3.8, 4) is 0 Å². The molecule has 1 atom stereocenters. The zero-order chi connectivity index (χ0) is 17.2. The maximum Gasteiger partial charge on any atom is 0.232 e. The van der Waals surface area contributed by atoms with E-state index in [4.69, 9.17) is 5.11 Å². The fourth-order valence-corrected chi connectivity index (χ4v) is 2.85. The van der Waals surface area contributed by atoms with Gasteiger partial charge >= 0.3 is 0 Å². The van der Waals surface area contributed by atoms with E-state index in [9.17, 15) is 0 Å². The van der Waals surface area contributed by atoms with Gasteiger partial charge in [-0.25, -0.2) is 0 Å². The van der Waals surface area contributed by atoms with Gasteiger partial charge in [-0.15, -0.1) is 5.10 Å². The summed E-state index contributed by atoms with van der Waals surface area (Å²) >= 11 is 0. The van der Waals surface area contributed by atoms with Crippen molar-refractivity contribution >= 4 is 42.1 Å². The highest BCUT2D eigenvalue weighted by atomic mass is 32.1. The van der Waals surface area contributed by atoms with Crippen molar-refractivity contribution in [2.45, 2.75) is 46.2 Å². The number of aromatic nitrogens is 6. The largest absolute Gasteiger partial charge is 0.396 e. The molecule has 1 fully saturated rings. The van der Waals surface area contributed by atoms with Gasteiger partial charge < -0.3 is 20.7 Å². The van der Waals surface area contributed by atoms with Crippen LogP contribution in [0.15, 0.2) is 18.5 Å². The van der Waals surface area contributed by atoms with Crippen LogP contribution >= 0.6 is 13.5 Å². The summed E-state index contributed by atoms with van der Waals surface area (Å²) in [5, 5.41) is 24.6. The lowest BCUT2D eigenvalue weighted by Crippen LogP contribution is -2.18. The van der Waals surface area contributed by atoms with Crippen molar-refractivity contribution in [1.82, 2.24) is 29.9 Å². The van der Waals surface area contributed by atoms with Crippen LogP contribution in [0, 0.1) is 5.92 Å². The minimum absolute atomic E-state index is 0. The Kier molecular flexibility index (Phi) is 7.03. The Balaban J connectivity index is 0.00000131. The number of nitrogens with one attached hydrogen (secondary N) is 3. The SMILES string of the molecule is C.C[C@H](Nc1nc(Nc2cn(CCCO)nn2)nc2[nH]ccc12)C1CC1.S. The molecule has 10 heteroatoms. The Bertz CT molecular complexity index is 860. The topological polar surface area (TPSA) is 117 Å². The molecule has 4 rings (SSSR count). The van der Waals surface area contributed by atoms with E-state index < -0.39 is 0 Å². The van der Waals surface area contributed by atoms with Gasteiger partial charge in [0, 0.05) is 25.4 Å². The van der Waals surface area contributed by atoms with Gasteiger partial charge in [-0.05, 0) is 38.2 Å². The number of anilines is 3. The number of hydrogen-bond acceptors (Lipinski definition) is 7. The zero-order valence-corrected chi connectivity index (χ0v) is 15.6. The van der Waals surface area contributed by atoms with E-state index in [1.807, 2.05) is 12.3 Å². The highest BCUT2D eigenvalue weighted by Crippen LogP contribution is 2.34. The van der Waals surface area contributed by atoms with Gasteiger partial charge in [0.25, 0.3) is 0 Å². The molecule has 1 saturated carbocycles. The molecule has 4 N–H and O–H groups in total. The summed E-state index contributed by atoms with van der Waals surface area (Å²) in [7, 11) is 0. The van der Waals surface area contributed by atoms with Gasteiger partial charge in [0.15, 0.2) is 5.82 Å². The first kappa shape index (κ1) is 21.0. The number of aliphatic hydroxyl groups excluding tert-OH is 1. The second-order valence-corrected chi connectivity index (χ2v) is 6.48. The summed E-state index contributed by atoms with van der Waals surface area (Å²) in [6.45, 7) is 2.94. The van der Waals surface area contributed by atoms with Gasteiger partial charge in [0.2, 0.25) is 5.95 Å². The van der Waals surface area contributed by atoms with Crippen molar-refractivity contribution in [2.24, 2.45) is 5.92 Å². The summed E-state index contributed by atoms with van der Waals surface area (Å²) in [4.78, 5) is 12.3. The van der Waals surface area contributed by atoms with Gasteiger partial charge in [-0.2, -0.15) is 23.5 Å². The molecule has 3 aromatic heterocycles. The second kappa shape index (κ2) is 9.05. The molecule has 3 aromatic rings. The molecule has 0 aromatic carbocycles. The number of aliphatic hydroxyl groups is 1. The van der Waals surface area contributed by atoms with Gasteiger partial charge in [-0.3, -0.25) is 4.68 Å². The average Bonchev–Trinajstić information content (AvgIpc) is 3.19. The smallest absolute Gasteiger partial charge is 0.232 e. The van der Waals surface area contributed by atoms with Crippen molar-refractivity contribution in [3.05, 3.63) is 18.5 Å². The van der Waals surface area contributed by atoms with Crippen LogP contribution in [0.2, 0.25) is 0 Å². The molecule has 0 radical (unpaired) electrons. The van der Waals surface area contributed by atoms with E-state index in [1.54, 1.807) is 10.9 Å². The number of aryl methyl sites for hydroxylation is 1. The second-order valence-electron chi connectivity index (χ2n) is 6.48. The first-order valence-electron chi connectivity index (χ1n) is 8.62. The van der Waals surface area contributed by atoms with Crippen LogP contribution in [0.25, 0.3) is 11.0 Å². The Morgan fingerprint density at radius 2 is 2.19 bits per heavy atom. The molecule has 148 valence electrons. The van der Waals surface area contributed by atoms with Gasteiger partial charge in [-0.1, -0.05) is 12.6 Å². The molecule has 1 aliphatic rings. The lowest BCUT2D eigenvalue weighted by atomic mass is 10.2. The lowest BCUT2D eigenvalue weighted by molar-refractivity contribution is 0.276. The highest BCUT2D eigenvalue weighted by molar-refractivity contribution is 7.59. The molecule has 0 bridgehead atoms. The van der Waals surface area contributed by atoms with Crippen molar-refractivity contribution in [2.75, 3.05) is 17.2 Å². The Hall–Kier alpha value is -2.33. The zero-order valence-electron chi connectivity index (χ0n) is 14.6. The predicted molar refractivity (Wildman–Crippen MR) is 112 cm³/mol. The van der Waals surface area contributed by atoms with Gasteiger partial charge in [0.1, 0.15) is 11.5 Å². The first-order chi connectivity index (χ1) is 12.2. The van der Waals surface area contributed by atoms with Crippen LogP contribution < -0.4 is 10.6 Å². The predicted octanol–water partition coefficient (Wildman–Crippen LogP) is 2.63. The number of nitrogens with zero attached hydrogens (tertiary/aromatic N) is 5. The molecule has 0 unspecified atom stereocenters. The van der Waals surface area contributed by atoms with E-state index in [1.165, 1.54) is 12.8 Å². The summed E-state index contributed by atoms with van der Waals surface area (Å²) in [6.07, 6.45) is 6.83. The van der Waals surface area contributed by atoms with Crippen LogP contribution in [0.3, 0.4) is 0 Å². The number of hydrogen-bond donors (Lipinski definition) is 4. The first-order valence-corrected chi connectivity index (χ1v) is 8.62. The Morgan fingerprint density at radius 1 is 1.37 bits per heavy atom. The number of H-pyrrole nitrogens is 1. The van der Waals surface area contributed by atoms with Crippen LogP contribution in [-0.2, 0) is 6.54 Å². The fraction of sp³-hybridized carbons (Fsp3) is 0.529. The summed E-state index contributed by atoms with van der Waals surface area (Å²) in [6, 6.07) is 2.37. The molecule has 3 heterocycles. The van der Waals surface area contributed by atoms with Crippen LogP contribution in [0.4, 0.5) is 17.6 Å². The molecule has 0 amide bonds. The summed E-state index contributed by atoms with van der Waals surface area (Å²) < 4.78 is 1.68. The van der Waals surface area contributed by atoms with E-state index in [0.717, 1.165) is 22.8 Å². The third-order valence-electron chi connectivity index (χ3n) is 4.43. The summed E-state index contributed by atoms with van der Waals surface area (Å²) in [5.74, 6) is 2.59. The maximum atomic E-state index is 8.89. The molecular weight excluding hydrogens is 364 g/mol. The third kappa shape index (κ3) is 4.89. The minimum atomic E-state index is 0. The van der Waals surface area contributed by atoms with Crippen molar-refractivity contribution in [3.63, 3.8) is 0 Å². The Labute approximate surface area is 165 Å². The lowest BCUT2D eigenvalue weighted by Gasteiger charge is -2.15. The minimum Gasteiger partial charge on any atom is -0.396 e. The van der Waals surface area contributed by atoms with Gasteiger partial charge in [0.05, 0.1) is 11.6 Å². The van der Waals surface area contributed by atoms with E-state index in [-0.39, 0.29) is 27.5 Å². The number of rotatable bonds is 8. The number of aromatic amines is 1.